The Hall–Kier alpha value is -2.37. The molecule has 0 aromatic heterocycles. The predicted octanol–water partition coefficient (Wildman–Crippen LogP) is 2.53. The SMILES string of the molecule is CC(C)(CCc1cccc(C(N)=O)c1)NC[C@H](O)c1ccc(O)cc1. The van der Waals surface area contributed by atoms with E-state index in [0.29, 0.717) is 12.1 Å². The zero-order valence-corrected chi connectivity index (χ0v) is 14.7. The first kappa shape index (κ1) is 19.0. The fraction of sp³-hybridized carbons (Fsp3) is 0.350. The van der Waals surface area contributed by atoms with Crippen LogP contribution < -0.4 is 11.1 Å². The van der Waals surface area contributed by atoms with Crippen LogP contribution in [-0.4, -0.2) is 28.2 Å². The smallest absolute Gasteiger partial charge is 0.248 e. The van der Waals surface area contributed by atoms with Crippen molar-refractivity contribution >= 4 is 5.91 Å². The number of β-amino-alcohol motifs (C(OH)–C–C–N with tert-alkyl or cyclic N) is 1. The van der Waals surface area contributed by atoms with Gasteiger partial charge in [-0.1, -0.05) is 24.3 Å². The van der Waals surface area contributed by atoms with Gasteiger partial charge in [0.15, 0.2) is 0 Å². The molecule has 0 fully saturated rings. The van der Waals surface area contributed by atoms with Crippen LogP contribution in [0.5, 0.6) is 5.75 Å². The molecule has 0 bridgehead atoms. The molecule has 2 aromatic rings. The fourth-order valence-electron chi connectivity index (χ4n) is 2.61. The third-order valence-electron chi connectivity index (χ3n) is 4.30. The number of aryl methyl sites for hydroxylation is 1. The van der Waals surface area contributed by atoms with Gasteiger partial charge in [-0.25, -0.2) is 0 Å². The molecule has 25 heavy (non-hydrogen) atoms. The Morgan fingerprint density at radius 1 is 1.20 bits per heavy atom. The first-order chi connectivity index (χ1) is 11.8. The number of aliphatic hydroxyl groups excluding tert-OH is 1. The van der Waals surface area contributed by atoms with E-state index < -0.39 is 12.0 Å². The summed E-state index contributed by atoms with van der Waals surface area (Å²) in [5.41, 5.74) is 7.47. The topological polar surface area (TPSA) is 95.6 Å². The van der Waals surface area contributed by atoms with Crippen LogP contribution in [0.15, 0.2) is 48.5 Å². The quantitative estimate of drug-likeness (QED) is 0.593. The highest BCUT2D eigenvalue weighted by atomic mass is 16.3. The van der Waals surface area contributed by atoms with Gasteiger partial charge in [0.2, 0.25) is 5.91 Å². The van der Waals surface area contributed by atoms with Crippen LogP contribution in [-0.2, 0) is 6.42 Å². The van der Waals surface area contributed by atoms with Gasteiger partial charge in [0, 0.05) is 17.6 Å². The molecule has 1 atom stereocenters. The maximum Gasteiger partial charge on any atom is 0.248 e. The molecule has 0 aliphatic heterocycles. The summed E-state index contributed by atoms with van der Waals surface area (Å²) in [5, 5.41) is 22.9. The van der Waals surface area contributed by atoms with Gasteiger partial charge < -0.3 is 21.3 Å². The summed E-state index contributed by atoms with van der Waals surface area (Å²) < 4.78 is 0. The van der Waals surface area contributed by atoms with Crippen LogP contribution in [0.25, 0.3) is 0 Å². The van der Waals surface area contributed by atoms with E-state index in [2.05, 4.69) is 19.2 Å². The van der Waals surface area contributed by atoms with Crippen molar-refractivity contribution < 1.29 is 15.0 Å². The molecule has 0 radical (unpaired) electrons. The largest absolute Gasteiger partial charge is 0.508 e. The standard InChI is InChI=1S/C20H26N2O3/c1-20(2,11-10-14-4-3-5-16(12-14)19(21)25)22-13-18(24)15-6-8-17(23)9-7-15/h3-9,12,18,22-24H,10-11,13H2,1-2H3,(H2,21,25)/t18-/m0/s1. The zero-order chi connectivity index (χ0) is 18.4. The number of phenolic OH excluding ortho intramolecular Hbond substituents is 1. The van der Waals surface area contributed by atoms with Crippen LogP contribution in [0, 0.1) is 0 Å². The molecule has 5 heteroatoms. The number of amides is 1. The van der Waals surface area contributed by atoms with Crippen molar-refractivity contribution in [3.8, 4) is 5.75 Å². The lowest BCUT2D eigenvalue weighted by Crippen LogP contribution is -2.42. The fourth-order valence-corrected chi connectivity index (χ4v) is 2.61. The van der Waals surface area contributed by atoms with Crippen LogP contribution >= 0.6 is 0 Å². The molecule has 134 valence electrons. The lowest BCUT2D eigenvalue weighted by atomic mass is 9.94. The lowest BCUT2D eigenvalue weighted by Gasteiger charge is -2.28. The van der Waals surface area contributed by atoms with E-state index in [-0.39, 0.29) is 11.3 Å². The Morgan fingerprint density at radius 2 is 1.88 bits per heavy atom. The van der Waals surface area contributed by atoms with Gasteiger partial charge in [-0.2, -0.15) is 0 Å². The highest BCUT2D eigenvalue weighted by Gasteiger charge is 2.19. The number of primary amides is 1. The Morgan fingerprint density at radius 3 is 2.52 bits per heavy atom. The minimum Gasteiger partial charge on any atom is -0.508 e. The highest BCUT2D eigenvalue weighted by Crippen LogP contribution is 2.19. The predicted molar refractivity (Wildman–Crippen MR) is 98.4 cm³/mol. The normalized spacial score (nSPS) is 12.8. The van der Waals surface area contributed by atoms with Gasteiger partial charge in [-0.05, 0) is 62.1 Å². The third kappa shape index (κ3) is 5.89. The molecular formula is C20H26N2O3. The molecule has 0 spiro atoms. The van der Waals surface area contributed by atoms with Crippen molar-refractivity contribution in [1.82, 2.24) is 5.32 Å². The van der Waals surface area contributed by atoms with E-state index >= 15 is 0 Å². The number of nitrogens with one attached hydrogen (secondary N) is 1. The summed E-state index contributed by atoms with van der Waals surface area (Å²) in [6, 6.07) is 13.9. The monoisotopic (exact) mass is 342 g/mol. The van der Waals surface area contributed by atoms with E-state index in [1.54, 1.807) is 30.3 Å². The number of hydrogen-bond donors (Lipinski definition) is 4. The van der Waals surface area contributed by atoms with E-state index in [1.165, 1.54) is 0 Å². The average molecular weight is 342 g/mol. The first-order valence-corrected chi connectivity index (χ1v) is 8.37. The number of phenols is 1. The molecule has 0 aliphatic carbocycles. The van der Waals surface area contributed by atoms with Crippen molar-refractivity contribution in [2.45, 2.75) is 38.3 Å². The molecule has 2 aromatic carbocycles. The minimum absolute atomic E-state index is 0.180. The van der Waals surface area contributed by atoms with E-state index in [0.717, 1.165) is 24.0 Å². The van der Waals surface area contributed by atoms with Gasteiger partial charge in [0.05, 0.1) is 6.10 Å². The summed E-state index contributed by atoms with van der Waals surface area (Å²) in [5.74, 6) is -0.237. The number of aliphatic hydroxyl groups is 1. The maximum absolute atomic E-state index is 11.3. The summed E-state index contributed by atoms with van der Waals surface area (Å²) in [4.78, 5) is 11.3. The molecule has 5 nitrogen and oxygen atoms in total. The van der Waals surface area contributed by atoms with Gasteiger partial charge >= 0.3 is 0 Å². The van der Waals surface area contributed by atoms with Gasteiger partial charge in [-0.3, -0.25) is 4.79 Å². The summed E-state index contributed by atoms with van der Waals surface area (Å²) in [6.45, 7) is 4.57. The first-order valence-electron chi connectivity index (χ1n) is 8.37. The average Bonchev–Trinajstić information content (AvgIpc) is 2.59. The van der Waals surface area contributed by atoms with Crippen LogP contribution in [0.1, 0.15) is 47.9 Å². The van der Waals surface area contributed by atoms with E-state index in [9.17, 15) is 15.0 Å². The van der Waals surface area contributed by atoms with Gasteiger partial charge in [-0.15, -0.1) is 0 Å². The number of aromatic hydroxyl groups is 1. The molecule has 1 amide bonds. The Kier molecular flexibility index (Phi) is 6.17. The Labute approximate surface area is 148 Å². The molecule has 0 saturated carbocycles. The number of benzene rings is 2. The minimum atomic E-state index is -0.641. The van der Waals surface area contributed by atoms with Gasteiger partial charge in [0.25, 0.3) is 0 Å². The Bertz CT molecular complexity index is 711. The van der Waals surface area contributed by atoms with Gasteiger partial charge in [0.1, 0.15) is 5.75 Å². The second kappa shape index (κ2) is 8.14. The number of nitrogens with two attached hydrogens (primary N) is 1. The summed E-state index contributed by atoms with van der Waals surface area (Å²) in [6.07, 6.45) is 1.01. The zero-order valence-electron chi connectivity index (χ0n) is 14.7. The third-order valence-corrected chi connectivity index (χ3v) is 4.30. The van der Waals surface area contributed by atoms with Crippen molar-refractivity contribution in [3.63, 3.8) is 0 Å². The summed E-state index contributed by atoms with van der Waals surface area (Å²) in [7, 11) is 0. The molecule has 0 aliphatic rings. The summed E-state index contributed by atoms with van der Waals surface area (Å²) >= 11 is 0. The number of carbonyl (C=O) groups excluding carboxylic acids is 1. The number of rotatable bonds is 8. The molecular weight excluding hydrogens is 316 g/mol. The van der Waals surface area contributed by atoms with Crippen LogP contribution in [0.2, 0.25) is 0 Å². The molecule has 0 unspecified atom stereocenters. The Balaban J connectivity index is 1.87. The molecule has 5 N–H and O–H groups in total. The molecule has 0 saturated heterocycles. The van der Waals surface area contributed by atoms with Crippen molar-refractivity contribution in [2.24, 2.45) is 5.73 Å². The highest BCUT2D eigenvalue weighted by molar-refractivity contribution is 5.92. The van der Waals surface area contributed by atoms with Crippen molar-refractivity contribution in [1.29, 1.82) is 0 Å². The van der Waals surface area contributed by atoms with Crippen LogP contribution in [0.3, 0.4) is 0 Å². The van der Waals surface area contributed by atoms with Crippen molar-refractivity contribution in [2.75, 3.05) is 6.54 Å². The lowest BCUT2D eigenvalue weighted by molar-refractivity contribution is 0.1000. The van der Waals surface area contributed by atoms with Crippen molar-refractivity contribution in [3.05, 3.63) is 65.2 Å². The van der Waals surface area contributed by atoms with Crippen LogP contribution in [0.4, 0.5) is 0 Å². The molecule has 0 heterocycles. The molecule has 2 rings (SSSR count). The second-order valence-corrected chi connectivity index (χ2v) is 6.94. The maximum atomic E-state index is 11.3. The second-order valence-electron chi connectivity index (χ2n) is 6.94. The number of carbonyl (C=O) groups is 1. The van der Waals surface area contributed by atoms with E-state index in [4.69, 9.17) is 5.73 Å². The van der Waals surface area contributed by atoms with E-state index in [1.807, 2.05) is 18.2 Å². The number of hydrogen-bond acceptors (Lipinski definition) is 4.